The monoisotopic (exact) mass is 288 g/mol. The highest BCUT2D eigenvalue weighted by Gasteiger charge is 2.48. The highest BCUT2D eigenvalue weighted by Crippen LogP contribution is 2.45. The summed E-state index contributed by atoms with van der Waals surface area (Å²) < 4.78 is 10.4. The molecule has 0 saturated heterocycles. The summed E-state index contributed by atoms with van der Waals surface area (Å²) in [6, 6.07) is 9.56. The minimum atomic E-state index is -0.849. The number of cyclic esters (lactones) is 1. The Morgan fingerprint density at radius 3 is 2.52 bits per heavy atom. The number of unbranched alkanes of at least 4 members (excludes halogenated alkanes) is 1. The van der Waals surface area contributed by atoms with Crippen LogP contribution in [0.3, 0.4) is 0 Å². The Kier molecular flexibility index (Phi) is 4.46. The molecule has 1 aliphatic rings. The lowest BCUT2D eigenvalue weighted by Crippen LogP contribution is -2.28. The fourth-order valence-electron chi connectivity index (χ4n) is 2.77. The molecule has 1 unspecified atom stereocenters. The molecule has 4 nitrogen and oxygen atoms in total. The van der Waals surface area contributed by atoms with E-state index in [0.717, 1.165) is 18.4 Å². The summed E-state index contributed by atoms with van der Waals surface area (Å²) in [6.45, 7) is 3.86. The van der Waals surface area contributed by atoms with Gasteiger partial charge in [-0.05, 0) is 30.9 Å². The van der Waals surface area contributed by atoms with Crippen molar-refractivity contribution in [3.8, 4) is 0 Å². The van der Waals surface area contributed by atoms with E-state index in [4.69, 9.17) is 9.47 Å². The van der Waals surface area contributed by atoms with Gasteiger partial charge in [0.1, 0.15) is 5.57 Å². The number of hydrogen-bond donors (Lipinski definition) is 0. The fraction of sp³-hybridized carbons (Fsp3) is 0.412. The number of carbonyl (C=O) groups is 2. The smallest absolute Gasteiger partial charge is 0.346 e. The molecule has 0 saturated carbocycles. The number of esters is 2. The minimum Gasteiger partial charge on any atom is -0.465 e. The molecule has 0 aromatic heterocycles. The van der Waals surface area contributed by atoms with Gasteiger partial charge in [0.2, 0.25) is 0 Å². The maximum absolute atomic E-state index is 12.2. The van der Waals surface area contributed by atoms with Crippen LogP contribution in [0.15, 0.2) is 41.5 Å². The van der Waals surface area contributed by atoms with Crippen LogP contribution in [-0.2, 0) is 24.7 Å². The predicted molar refractivity (Wildman–Crippen MR) is 78.5 cm³/mol. The zero-order chi connectivity index (χ0) is 15.5. The Labute approximate surface area is 124 Å². The molecule has 21 heavy (non-hydrogen) atoms. The summed E-state index contributed by atoms with van der Waals surface area (Å²) in [5.41, 5.74) is 0.706. The lowest BCUT2D eigenvalue weighted by atomic mass is 9.82. The standard InChI is InChI=1S/C17H20O4/c1-4-5-11-17(13-9-7-6-8-10-13)12(2)14(15(18)20-3)16(19)21-17/h6-10H,4-5,11H2,1-3H3. The molecule has 4 heteroatoms. The maximum atomic E-state index is 12.2. The van der Waals surface area contributed by atoms with Crippen molar-refractivity contribution in [1.29, 1.82) is 0 Å². The largest absolute Gasteiger partial charge is 0.465 e. The van der Waals surface area contributed by atoms with E-state index in [2.05, 4.69) is 6.92 Å². The lowest BCUT2D eigenvalue weighted by Gasteiger charge is -2.30. The van der Waals surface area contributed by atoms with Gasteiger partial charge in [-0.2, -0.15) is 0 Å². The topological polar surface area (TPSA) is 52.6 Å². The van der Waals surface area contributed by atoms with Crippen molar-refractivity contribution in [2.24, 2.45) is 0 Å². The van der Waals surface area contributed by atoms with Gasteiger partial charge in [0.05, 0.1) is 7.11 Å². The highest BCUT2D eigenvalue weighted by molar-refractivity contribution is 6.16. The van der Waals surface area contributed by atoms with E-state index >= 15 is 0 Å². The lowest BCUT2D eigenvalue weighted by molar-refractivity contribution is -0.151. The van der Waals surface area contributed by atoms with E-state index in [0.29, 0.717) is 12.0 Å². The summed E-state index contributed by atoms with van der Waals surface area (Å²) in [5.74, 6) is -1.23. The average molecular weight is 288 g/mol. The normalized spacial score (nSPS) is 21.4. The zero-order valence-corrected chi connectivity index (χ0v) is 12.6. The Bertz CT molecular complexity index is 574. The van der Waals surface area contributed by atoms with Crippen LogP contribution in [0.1, 0.15) is 38.7 Å². The molecule has 1 aromatic rings. The molecule has 0 fully saturated rings. The van der Waals surface area contributed by atoms with Crippen LogP contribution in [0.5, 0.6) is 0 Å². The van der Waals surface area contributed by atoms with Gasteiger partial charge < -0.3 is 9.47 Å². The SMILES string of the molecule is CCCCC1(c2ccccc2)OC(=O)C(C(=O)OC)=C1C. The molecular formula is C17H20O4. The van der Waals surface area contributed by atoms with Crippen molar-refractivity contribution in [3.63, 3.8) is 0 Å². The van der Waals surface area contributed by atoms with Crippen LogP contribution in [0.4, 0.5) is 0 Å². The van der Waals surface area contributed by atoms with Gasteiger partial charge in [-0.1, -0.05) is 43.7 Å². The molecule has 0 radical (unpaired) electrons. The molecule has 1 aliphatic heterocycles. The Balaban J connectivity index is 2.55. The number of rotatable bonds is 5. The van der Waals surface area contributed by atoms with Crippen molar-refractivity contribution in [2.75, 3.05) is 7.11 Å². The highest BCUT2D eigenvalue weighted by atomic mass is 16.6. The van der Waals surface area contributed by atoms with Gasteiger partial charge in [0.15, 0.2) is 5.60 Å². The van der Waals surface area contributed by atoms with E-state index in [1.54, 1.807) is 6.92 Å². The zero-order valence-electron chi connectivity index (χ0n) is 12.6. The van der Waals surface area contributed by atoms with Crippen molar-refractivity contribution < 1.29 is 19.1 Å². The Morgan fingerprint density at radius 1 is 1.29 bits per heavy atom. The molecule has 1 heterocycles. The summed E-state index contributed by atoms with van der Waals surface area (Å²) in [6.07, 6.45) is 2.53. The molecule has 0 aliphatic carbocycles. The van der Waals surface area contributed by atoms with Gasteiger partial charge in [-0.25, -0.2) is 9.59 Å². The number of methoxy groups -OCH3 is 1. The Hall–Kier alpha value is -2.10. The van der Waals surface area contributed by atoms with Crippen molar-refractivity contribution in [1.82, 2.24) is 0 Å². The first-order chi connectivity index (χ1) is 10.1. The van der Waals surface area contributed by atoms with Gasteiger partial charge in [0, 0.05) is 0 Å². The Morgan fingerprint density at radius 2 is 1.95 bits per heavy atom. The predicted octanol–water partition coefficient (Wildman–Crippen LogP) is 3.12. The van der Waals surface area contributed by atoms with E-state index in [1.165, 1.54) is 7.11 Å². The second-order valence-electron chi connectivity index (χ2n) is 5.18. The maximum Gasteiger partial charge on any atom is 0.346 e. The van der Waals surface area contributed by atoms with Gasteiger partial charge in [0.25, 0.3) is 0 Å². The molecule has 1 aromatic carbocycles. The minimum absolute atomic E-state index is 0.0254. The first kappa shape index (κ1) is 15.3. The molecule has 0 amide bonds. The number of carbonyl (C=O) groups excluding carboxylic acids is 2. The summed E-state index contributed by atoms with van der Waals surface area (Å²) >= 11 is 0. The van der Waals surface area contributed by atoms with E-state index in [1.807, 2.05) is 30.3 Å². The number of ether oxygens (including phenoxy) is 2. The van der Waals surface area contributed by atoms with Crippen molar-refractivity contribution in [3.05, 3.63) is 47.0 Å². The molecule has 1 atom stereocenters. The molecule has 0 N–H and O–H groups in total. The van der Waals surface area contributed by atoms with Gasteiger partial charge in [-0.15, -0.1) is 0 Å². The van der Waals surface area contributed by atoms with Crippen molar-refractivity contribution >= 4 is 11.9 Å². The van der Waals surface area contributed by atoms with E-state index in [-0.39, 0.29) is 5.57 Å². The first-order valence-corrected chi connectivity index (χ1v) is 7.15. The van der Waals surface area contributed by atoms with Gasteiger partial charge >= 0.3 is 11.9 Å². The average Bonchev–Trinajstić information content (AvgIpc) is 2.77. The van der Waals surface area contributed by atoms with Crippen LogP contribution in [-0.4, -0.2) is 19.0 Å². The number of hydrogen-bond acceptors (Lipinski definition) is 4. The second-order valence-corrected chi connectivity index (χ2v) is 5.18. The molecular weight excluding hydrogens is 268 g/mol. The first-order valence-electron chi connectivity index (χ1n) is 7.15. The van der Waals surface area contributed by atoms with Crippen LogP contribution in [0.25, 0.3) is 0 Å². The van der Waals surface area contributed by atoms with E-state index < -0.39 is 17.5 Å². The third-order valence-electron chi connectivity index (χ3n) is 3.96. The molecule has 0 spiro atoms. The van der Waals surface area contributed by atoms with Crippen LogP contribution >= 0.6 is 0 Å². The van der Waals surface area contributed by atoms with Crippen molar-refractivity contribution in [2.45, 2.75) is 38.7 Å². The fourth-order valence-corrected chi connectivity index (χ4v) is 2.77. The van der Waals surface area contributed by atoms with Crippen LogP contribution in [0.2, 0.25) is 0 Å². The summed E-state index contributed by atoms with van der Waals surface area (Å²) in [7, 11) is 1.27. The quantitative estimate of drug-likeness (QED) is 0.617. The van der Waals surface area contributed by atoms with E-state index in [9.17, 15) is 9.59 Å². The number of benzene rings is 1. The third kappa shape index (κ3) is 2.58. The van der Waals surface area contributed by atoms with Crippen LogP contribution in [0, 0.1) is 0 Å². The summed E-state index contributed by atoms with van der Waals surface area (Å²) in [4.78, 5) is 24.0. The second kappa shape index (κ2) is 6.12. The molecule has 2 rings (SSSR count). The van der Waals surface area contributed by atoms with Crippen LogP contribution < -0.4 is 0 Å². The molecule has 112 valence electrons. The molecule has 0 bridgehead atoms. The summed E-state index contributed by atoms with van der Waals surface area (Å²) in [5, 5.41) is 0. The third-order valence-corrected chi connectivity index (χ3v) is 3.96. The van der Waals surface area contributed by atoms with Gasteiger partial charge in [-0.3, -0.25) is 0 Å².